The Kier molecular flexibility index (Phi) is 5.48. The number of anilines is 2. The van der Waals surface area contributed by atoms with Crippen molar-refractivity contribution < 1.29 is 4.42 Å². The van der Waals surface area contributed by atoms with Gasteiger partial charge >= 0.3 is 0 Å². The molecule has 108 valence electrons. The number of nitrogens with one attached hydrogen (secondary N) is 1. The van der Waals surface area contributed by atoms with Gasteiger partial charge in [0.25, 0.3) is 0 Å². The van der Waals surface area contributed by atoms with Crippen molar-refractivity contribution in [3.8, 4) is 0 Å². The third-order valence-corrected chi connectivity index (χ3v) is 4.71. The molecule has 20 heavy (non-hydrogen) atoms. The maximum absolute atomic E-state index is 5.51. The maximum Gasteiger partial charge on any atom is 0.183 e. The molecule has 0 fully saturated rings. The normalized spacial score (nSPS) is 10.6. The first kappa shape index (κ1) is 15.4. The molecule has 2 rings (SSSR count). The fourth-order valence-electron chi connectivity index (χ4n) is 1.89. The summed E-state index contributed by atoms with van der Waals surface area (Å²) in [5, 5.41) is 3.29. The SMILES string of the molecule is CCN(CC)c1ccc(NCc2cc(Br)c(Br)o2)cn1. The van der Waals surface area contributed by atoms with Crippen LogP contribution in [0.25, 0.3) is 0 Å². The Labute approximate surface area is 135 Å². The molecular weight excluding hydrogens is 386 g/mol. The summed E-state index contributed by atoms with van der Waals surface area (Å²) < 4.78 is 7.14. The van der Waals surface area contributed by atoms with E-state index in [4.69, 9.17) is 4.42 Å². The van der Waals surface area contributed by atoms with Crippen molar-refractivity contribution in [2.24, 2.45) is 0 Å². The molecular formula is C14H17Br2N3O. The second-order valence-electron chi connectivity index (χ2n) is 4.27. The van der Waals surface area contributed by atoms with Crippen molar-refractivity contribution in [2.45, 2.75) is 20.4 Å². The average Bonchev–Trinajstić information content (AvgIpc) is 2.78. The van der Waals surface area contributed by atoms with Crippen LogP contribution in [0, 0.1) is 0 Å². The summed E-state index contributed by atoms with van der Waals surface area (Å²) >= 11 is 6.72. The highest BCUT2D eigenvalue weighted by Gasteiger charge is 2.06. The predicted octanol–water partition coefficient (Wildman–Crippen LogP) is 4.66. The molecule has 2 heterocycles. The van der Waals surface area contributed by atoms with Gasteiger partial charge in [0.2, 0.25) is 0 Å². The molecule has 0 aromatic carbocycles. The molecule has 0 saturated heterocycles. The van der Waals surface area contributed by atoms with Gasteiger partial charge in [0.1, 0.15) is 11.6 Å². The van der Waals surface area contributed by atoms with Crippen LogP contribution in [-0.4, -0.2) is 18.1 Å². The highest BCUT2D eigenvalue weighted by molar-refractivity contribution is 9.13. The summed E-state index contributed by atoms with van der Waals surface area (Å²) in [6.45, 7) is 6.81. The molecule has 0 spiro atoms. The summed E-state index contributed by atoms with van der Waals surface area (Å²) in [6.07, 6.45) is 1.85. The number of nitrogens with zero attached hydrogens (tertiary/aromatic N) is 2. The standard InChI is InChI=1S/C14H17Br2N3O/c1-3-19(4-2)13-6-5-10(8-18-13)17-9-11-7-12(15)14(16)20-11/h5-8,17H,3-4,9H2,1-2H3. The second-order valence-corrected chi connectivity index (χ2v) is 5.84. The third kappa shape index (κ3) is 3.76. The van der Waals surface area contributed by atoms with E-state index in [1.54, 1.807) is 0 Å². The number of furan rings is 1. The number of hydrogen-bond acceptors (Lipinski definition) is 4. The van der Waals surface area contributed by atoms with Gasteiger partial charge in [-0.2, -0.15) is 0 Å². The average molecular weight is 403 g/mol. The van der Waals surface area contributed by atoms with Crippen LogP contribution in [0.5, 0.6) is 0 Å². The number of pyridine rings is 1. The van der Waals surface area contributed by atoms with Crippen molar-refractivity contribution in [1.82, 2.24) is 4.98 Å². The topological polar surface area (TPSA) is 41.3 Å². The fraction of sp³-hybridized carbons (Fsp3) is 0.357. The molecule has 0 aliphatic rings. The fourth-order valence-corrected chi connectivity index (χ4v) is 2.55. The highest BCUT2D eigenvalue weighted by Crippen LogP contribution is 2.27. The van der Waals surface area contributed by atoms with Crippen molar-refractivity contribution in [1.29, 1.82) is 0 Å². The molecule has 6 heteroatoms. The van der Waals surface area contributed by atoms with Crippen LogP contribution in [0.2, 0.25) is 0 Å². The molecule has 0 saturated carbocycles. The Bertz CT molecular complexity index is 531. The van der Waals surface area contributed by atoms with Crippen LogP contribution >= 0.6 is 31.9 Å². The number of hydrogen-bond donors (Lipinski definition) is 1. The van der Waals surface area contributed by atoms with Crippen LogP contribution in [0.4, 0.5) is 11.5 Å². The largest absolute Gasteiger partial charge is 0.451 e. The minimum atomic E-state index is 0.622. The van der Waals surface area contributed by atoms with Gasteiger partial charge in [0.05, 0.1) is 22.9 Å². The Morgan fingerprint density at radius 2 is 2.00 bits per heavy atom. The van der Waals surface area contributed by atoms with Gasteiger partial charge in [-0.05, 0) is 63.9 Å². The lowest BCUT2D eigenvalue weighted by atomic mass is 10.3. The summed E-state index contributed by atoms with van der Waals surface area (Å²) in [4.78, 5) is 6.68. The van der Waals surface area contributed by atoms with E-state index in [1.165, 1.54) is 0 Å². The first-order valence-corrected chi connectivity index (χ1v) is 8.11. The van der Waals surface area contributed by atoms with Crippen LogP contribution in [-0.2, 0) is 6.54 Å². The van der Waals surface area contributed by atoms with E-state index >= 15 is 0 Å². The van der Waals surface area contributed by atoms with Gasteiger partial charge in [-0.25, -0.2) is 4.98 Å². The van der Waals surface area contributed by atoms with Crippen molar-refractivity contribution >= 4 is 43.4 Å². The van der Waals surface area contributed by atoms with E-state index in [0.717, 1.165) is 34.8 Å². The number of aromatic nitrogens is 1. The van der Waals surface area contributed by atoms with E-state index in [-0.39, 0.29) is 0 Å². The van der Waals surface area contributed by atoms with Crippen LogP contribution in [0.3, 0.4) is 0 Å². The van der Waals surface area contributed by atoms with Gasteiger partial charge in [-0.1, -0.05) is 0 Å². The first-order valence-electron chi connectivity index (χ1n) is 6.52. The number of halogens is 2. The molecule has 0 aliphatic carbocycles. The maximum atomic E-state index is 5.51. The van der Waals surface area contributed by atoms with Crippen molar-refractivity contribution in [3.63, 3.8) is 0 Å². The number of rotatable bonds is 6. The minimum absolute atomic E-state index is 0.622. The third-order valence-electron chi connectivity index (χ3n) is 3.00. The van der Waals surface area contributed by atoms with Crippen LogP contribution in [0.15, 0.2) is 38.0 Å². The summed E-state index contributed by atoms with van der Waals surface area (Å²) in [5.41, 5.74) is 0.976. The lowest BCUT2D eigenvalue weighted by molar-refractivity contribution is 0.494. The summed E-state index contributed by atoms with van der Waals surface area (Å²) in [5.74, 6) is 1.86. The van der Waals surface area contributed by atoms with Crippen molar-refractivity contribution in [3.05, 3.63) is 39.3 Å². The molecule has 0 bridgehead atoms. The Morgan fingerprint density at radius 3 is 2.50 bits per heavy atom. The molecule has 0 atom stereocenters. The molecule has 1 N–H and O–H groups in total. The molecule has 0 unspecified atom stereocenters. The highest BCUT2D eigenvalue weighted by atomic mass is 79.9. The van der Waals surface area contributed by atoms with Gasteiger partial charge < -0.3 is 14.6 Å². The van der Waals surface area contributed by atoms with Gasteiger partial charge in [0.15, 0.2) is 4.67 Å². The molecule has 0 radical (unpaired) electrons. The van der Waals surface area contributed by atoms with Gasteiger partial charge in [-0.15, -0.1) is 0 Å². The Morgan fingerprint density at radius 1 is 1.25 bits per heavy atom. The van der Waals surface area contributed by atoms with Crippen molar-refractivity contribution in [2.75, 3.05) is 23.3 Å². The molecule has 0 amide bonds. The zero-order valence-corrected chi connectivity index (χ0v) is 14.7. The molecule has 2 aromatic heterocycles. The summed E-state index contributed by atoms with van der Waals surface area (Å²) in [6, 6.07) is 6.01. The van der Waals surface area contributed by atoms with Gasteiger partial charge in [0, 0.05) is 13.1 Å². The van der Waals surface area contributed by atoms with Crippen LogP contribution < -0.4 is 10.2 Å². The zero-order chi connectivity index (χ0) is 14.5. The van der Waals surface area contributed by atoms with E-state index in [0.29, 0.717) is 11.2 Å². The first-order chi connectivity index (χ1) is 9.63. The van der Waals surface area contributed by atoms with E-state index in [9.17, 15) is 0 Å². The quantitative estimate of drug-likeness (QED) is 0.762. The Hall–Kier alpha value is -1.01. The monoisotopic (exact) mass is 401 g/mol. The smallest absolute Gasteiger partial charge is 0.183 e. The Balaban J connectivity index is 1.97. The van der Waals surface area contributed by atoms with Gasteiger partial charge in [-0.3, -0.25) is 0 Å². The van der Waals surface area contributed by atoms with E-state index in [2.05, 4.69) is 60.9 Å². The zero-order valence-electron chi connectivity index (χ0n) is 11.5. The predicted molar refractivity (Wildman–Crippen MR) is 89.2 cm³/mol. The lowest BCUT2D eigenvalue weighted by Gasteiger charge is -2.19. The molecule has 2 aromatic rings. The summed E-state index contributed by atoms with van der Waals surface area (Å²) in [7, 11) is 0. The molecule has 0 aliphatic heterocycles. The lowest BCUT2D eigenvalue weighted by Crippen LogP contribution is -2.22. The van der Waals surface area contributed by atoms with E-state index < -0.39 is 0 Å². The van der Waals surface area contributed by atoms with Crippen LogP contribution in [0.1, 0.15) is 19.6 Å². The minimum Gasteiger partial charge on any atom is -0.451 e. The molecule has 4 nitrogen and oxygen atoms in total. The second kappa shape index (κ2) is 7.13. The van der Waals surface area contributed by atoms with E-state index in [1.807, 2.05) is 24.4 Å².